The predicted octanol–water partition coefficient (Wildman–Crippen LogP) is 5.10. The van der Waals surface area contributed by atoms with Gasteiger partial charge in [0.15, 0.2) is 0 Å². The maximum absolute atomic E-state index is 6.39. The van der Waals surface area contributed by atoms with E-state index in [0.29, 0.717) is 11.5 Å². The number of aromatic nitrogens is 2. The second-order valence-electron chi connectivity index (χ2n) is 6.87. The number of fused-ring (bicyclic) bond motifs is 1. The average molecular weight is 307 g/mol. The summed E-state index contributed by atoms with van der Waals surface area (Å²) in [5.74, 6) is 1.84. The summed E-state index contributed by atoms with van der Waals surface area (Å²) in [4.78, 5) is 4.76. The Morgan fingerprint density at radius 3 is 2.76 bits per heavy atom. The molecule has 1 aromatic carbocycles. The zero-order chi connectivity index (χ0) is 15.2. The molecule has 0 spiro atoms. The van der Waals surface area contributed by atoms with Gasteiger partial charge in [0.05, 0.1) is 23.5 Å². The first-order valence-electron chi connectivity index (χ1n) is 7.61. The Bertz CT molecular complexity index is 660. The molecule has 21 heavy (non-hydrogen) atoms. The van der Waals surface area contributed by atoms with Gasteiger partial charge in [-0.25, -0.2) is 4.98 Å². The van der Waals surface area contributed by atoms with Crippen molar-refractivity contribution < 1.29 is 4.74 Å². The Hall–Kier alpha value is -1.22. The topological polar surface area (TPSA) is 27.1 Å². The van der Waals surface area contributed by atoms with Crippen LogP contribution in [-0.2, 0) is 0 Å². The summed E-state index contributed by atoms with van der Waals surface area (Å²) < 4.78 is 7.73. The van der Waals surface area contributed by atoms with Crippen LogP contribution in [0.5, 0.6) is 5.75 Å². The fourth-order valence-corrected chi connectivity index (χ4v) is 3.66. The number of nitrogens with zero attached hydrogens (tertiary/aromatic N) is 2. The fourth-order valence-electron chi connectivity index (χ4n) is 3.50. The van der Waals surface area contributed by atoms with Crippen molar-refractivity contribution in [1.29, 1.82) is 0 Å². The highest BCUT2D eigenvalue weighted by molar-refractivity contribution is 6.20. The van der Waals surface area contributed by atoms with Crippen LogP contribution in [0.2, 0.25) is 0 Å². The number of benzene rings is 1. The van der Waals surface area contributed by atoms with Crippen molar-refractivity contribution in [2.24, 2.45) is 5.41 Å². The van der Waals surface area contributed by atoms with Crippen LogP contribution in [0.1, 0.15) is 57.3 Å². The van der Waals surface area contributed by atoms with Crippen molar-refractivity contribution in [3.63, 3.8) is 0 Å². The Kier molecular flexibility index (Phi) is 3.64. The van der Waals surface area contributed by atoms with Crippen LogP contribution in [-0.4, -0.2) is 16.7 Å². The van der Waals surface area contributed by atoms with Crippen molar-refractivity contribution >= 4 is 22.6 Å². The first-order valence-corrected chi connectivity index (χ1v) is 8.05. The van der Waals surface area contributed by atoms with E-state index in [0.717, 1.165) is 22.6 Å². The Balaban J connectivity index is 2.15. The second-order valence-corrected chi connectivity index (χ2v) is 7.53. The largest absolute Gasteiger partial charge is 0.497 e. The molecule has 1 saturated carbocycles. The highest BCUT2D eigenvalue weighted by atomic mass is 35.5. The molecule has 1 aromatic heterocycles. The molecule has 3 rings (SSSR count). The maximum atomic E-state index is 6.39. The Morgan fingerprint density at radius 1 is 1.43 bits per heavy atom. The number of halogens is 1. The molecular weight excluding hydrogens is 284 g/mol. The lowest BCUT2D eigenvalue weighted by molar-refractivity contribution is 0.358. The van der Waals surface area contributed by atoms with E-state index in [-0.39, 0.29) is 5.38 Å². The molecule has 2 aromatic rings. The SMILES string of the molecule is COc1ccc2nc(C(C)Cl)n(C3CCC(C)(C)C3)c2c1. The van der Waals surface area contributed by atoms with Crippen LogP contribution in [0.25, 0.3) is 11.0 Å². The standard InChI is InChI=1S/C17H23ClN2O/c1-11(18)16-19-14-6-5-13(21-4)9-15(14)20(16)12-7-8-17(2,3)10-12/h5-6,9,11-12H,7-8,10H2,1-4H3. The van der Waals surface area contributed by atoms with Gasteiger partial charge < -0.3 is 9.30 Å². The highest BCUT2D eigenvalue weighted by Crippen LogP contribution is 2.46. The monoisotopic (exact) mass is 306 g/mol. The number of imidazole rings is 1. The highest BCUT2D eigenvalue weighted by Gasteiger charge is 2.34. The molecule has 0 bridgehead atoms. The van der Waals surface area contributed by atoms with E-state index in [1.165, 1.54) is 19.3 Å². The second kappa shape index (κ2) is 5.20. The summed E-state index contributed by atoms with van der Waals surface area (Å²) in [5, 5.41) is -0.0906. The number of hydrogen-bond donors (Lipinski definition) is 0. The molecule has 1 aliphatic carbocycles. The van der Waals surface area contributed by atoms with Gasteiger partial charge in [-0.15, -0.1) is 11.6 Å². The lowest BCUT2D eigenvalue weighted by atomic mass is 9.92. The number of ether oxygens (including phenoxy) is 1. The van der Waals surface area contributed by atoms with Gasteiger partial charge in [-0.3, -0.25) is 0 Å². The van der Waals surface area contributed by atoms with Gasteiger partial charge in [0.1, 0.15) is 11.6 Å². The quantitative estimate of drug-likeness (QED) is 0.738. The molecule has 0 saturated heterocycles. The summed E-state index contributed by atoms with van der Waals surface area (Å²) >= 11 is 6.39. The maximum Gasteiger partial charge on any atom is 0.127 e. The zero-order valence-corrected chi connectivity index (χ0v) is 13.9. The Morgan fingerprint density at radius 2 is 2.19 bits per heavy atom. The Labute approximate surface area is 131 Å². The third kappa shape index (κ3) is 2.64. The molecule has 2 unspecified atom stereocenters. The van der Waals surface area contributed by atoms with Gasteiger partial charge in [-0.1, -0.05) is 13.8 Å². The van der Waals surface area contributed by atoms with Crippen molar-refractivity contribution in [2.75, 3.05) is 7.11 Å². The van der Waals surface area contributed by atoms with Crippen LogP contribution in [0.3, 0.4) is 0 Å². The predicted molar refractivity (Wildman–Crippen MR) is 87.2 cm³/mol. The summed E-state index contributed by atoms with van der Waals surface area (Å²) in [6.45, 7) is 6.68. The fraction of sp³-hybridized carbons (Fsp3) is 0.588. The van der Waals surface area contributed by atoms with Crippen LogP contribution in [0, 0.1) is 5.41 Å². The molecule has 3 nitrogen and oxygen atoms in total. The average Bonchev–Trinajstić information content (AvgIpc) is 2.97. The third-order valence-electron chi connectivity index (χ3n) is 4.59. The van der Waals surface area contributed by atoms with E-state index >= 15 is 0 Å². The van der Waals surface area contributed by atoms with Gasteiger partial charge in [-0.05, 0) is 43.7 Å². The van der Waals surface area contributed by atoms with Gasteiger partial charge in [0.25, 0.3) is 0 Å². The number of hydrogen-bond acceptors (Lipinski definition) is 2. The van der Waals surface area contributed by atoms with E-state index in [4.69, 9.17) is 21.3 Å². The lowest BCUT2D eigenvalue weighted by Gasteiger charge is -2.21. The number of alkyl halides is 1. The first-order chi connectivity index (χ1) is 9.91. The van der Waals surface area contributed by atoms with Crippen LogP contribution in [0.4, 0.5) is 0 Å². The molecule has 4 heteroatoms. The molecule has 0 amide bonds. The van der Waals surface area contributed by atoms with E-state index < -0.39 is 0 Å². The minimum Gasteiger partial charge on any atom is -0.497 e. The first kappa shape index (κ1) is 14.7. The molecule has 2 atom stereocenters. The van der Waals surface area contributed by atoms with Crippen molar-refractivity contribution in [3.8, 4) is 5.75 Å². The molecule has 0 radical (unpaired) electrons. The molecule has 0 aliphatic heterocycles. The third-order valence-corrected chi connectivity index (χ3v) is 4.78. The molecule has 0 N–H and O–H groups in total. The smallest absolute Gasteiger partial charge is 0.127 e. The van der Waals surface area contributed by atoms with Crippen LogP contribution >= 0.6 is 11.6 Å². The summed E-state index contributed by atoms with van der Waals surface area (Å²) in [5.41, 5.74) is 2.54. The summed E-state index contributed by atoms with van der Waals surface area (Å²) in [7, 11) is 1.70. The van der Waals surface area contributed by atoms with E-state index in [2.05, 4.69) is 24.5 Å². The van der Waals surface area contributed by atoms with Crippen LogP contribution in [0.15, 0.2) is 18.2 Å². The van der Waals surface area contributed by atoms with E-state index in [1.54, 1.807) is 7.11 Å². The molecular formula is C17H23ClN2O. The molecule has 1 aliphatic rings. The van der Waals surface area contributed by atoms with Gasteiger partial charge in [-0.2, -0.15) is 0 Å². The molecule has 1 fully saturated rings. The van der Waals surface area contributed by atoms with Gasteiger partial charge in [0.2, 0.25) is 0 Å². The summed E-state index contributed by atoms with van der Waals surface area (Å²) in [6.07, 6.45) is 3.61. The number of rotatable bonds is 3. The van der Waals surface area contributed by atoms with Crippen molar-refractivity contribution in [1.82, 2.24) is 9.55 Å². The minimum absolute atomic E-state index is 0.0906. The van der Waals surface area contributed by atoms with Crippen molar-refractivity contribution in [3.05, 3.63) is 24.0 Å². The van der Waals surface area contributed by atoms with E-state index in [9.17, 15) is 0 Å². The van der Waals surface area contributed by atoms with Gasteiger partial charge >= 0.3 is 0 Å². The molecule has 114 valence electrons. The van der Waals surface area contributed by atoms with Crippen molar-refractivity contribution in [2.45, 2.75) is 51.5 Å². The zero-order valence-electron chi connectivity index (χ0n) is 13.2. The minimum atomic E-state index is -0.0906. The summed E-state index contributed by atoms with van der Waals surface area (Å²) in [6, 6.07) is 6.54. The van der Waals surface area contributed by atoms with Crippen LogP contribution < -0.4 is 4.74 Å². The lowest BCUT2D eigenvalue weighted by Crippen LogP contribution is -2.12. The van der Waals surface area contributed by atoms with E-state index in [1.807, 2.05) is 19.1 Å². The van der Waals surface area contributed by atoms with Gasteiger partial charge in [0, 0.05) is 12.1 Å². The normalized spacial score (nSPS) is 22.6. The number of methoxy groups -OCH3 is 1. The molecule has 1 heterocycles.